The molecule has 0 aromatic rings. The lowest BCUT2D eigenvalue weighted by atomic mass is 9.93. The summed E-state index contributed by atoms with van der Waals surface area (Å²) < 4.78 is 11.0. The number of ether oxygens (including phenoxy) is 2. The number of rotatable bonds is 9. The van der Waals surface area contributed by atoms with Crippen molar-refractivity contribution in [3.63, 3.8) is 0 Å². The fourth-order valence-corrected chi connectivity index (χ4v) is 1.67. The molecule has 0 aromatic carbocycles. The molecule has 2 atom stereocenters. The minimum absolute atomic E-state index is 0.144. The van der Waals surface area contributed by atoms with Crippen LogP contribution in [0, 0.1) is 11.8 Å². The van der Waals surface area contributed by atoms with Crippen LogP contribution < -0.4 is 0 Å². The molecule has 0 aliphatic heterocycles. The molecule has 2 unspecified atom stereocenters. The number of hydrogen-bond donors (Lipinski definition) is 1. The second-order valence-electron chi connectivity index (χ2n) is 3.92. The Morgan fingerprint density at radius 1 is 1.19 bits per heavy atom. The van der Waals surface area contributed by atoms with Crippen LogP contribution in [0.5, 0.6) is 0 Å². The third-order valence-electron chi connectivity index (χ3n) is 2.65. The Kier molecular flexibility index (Phi) is 8.21. The van der Waals surface area contributed by atoms with E-state index in [1.54, 1.807) is 6.92 Å². The molecule has 0 saturated carbocycles. The summed E-state index contributed by atoms with van der Waals surface area (Å²) in [6.07, 6.45) is 1.18. The first-order chi connectivity index (χ1) is 7.56. The number of aliphatic carboxylic acids is 1. The van der Waals surface area contributed by atoms with Gasteiger partial charge in [0.25, 0.3) is 0 Å². The van der Waals surface area contributed by atoms with Crippen LogP contribution in [0.3, 0.4) is 0 Å². The molecule has 0 amide bonds. The average molecular weight is 232 g/mol. The van der Waals surface area contributed by atoms with E-state index in [0.29, 0.717) is 19.6 Å². The van der Waals surface area contributed by atoms with Crippen molar-refractivity contribution >= 4 is 5.97 Å². The highest BCUT2D eigenvalue weighted by Gasteiger charge is 2.25. The van der Waals surface area contributed by atoms with E-state index in [9.17, 15) is 4.79 Å². The molecule has 0 bridgehead atoms. The van der Waals surface area contributed by atoms with Gasteiger partial charge >= 0.3 is 5.97 Å². The zero-order valence-electron chi connectivity index (χ0n) is 10.7. The SMILES string of the molecule is CCOC(OCC)C(CC)CC(C)C(=O)O. The number of carboxylic acid groups (broad SMARTS) is 1. The molecule has 4 nitrogen and oxygen atoms in total. The molecule has 0 aliphatic rings. The van der Waals surface area contributed by atoms with Crippen LogP contribution in [0.25, 0.3) is 0 Å². The van der Waals surface area contributed by atoms with Crippen molar-refractivity contribution in [1.29, 1.82) is 0 Å². The van der Waals surface area contributed by atoms with Crippen molar-refractivity contribution in [1.82, 2.24) is 0 Å². The molecule has 0 rings (SSSR count). The Hall–Kier alpha value is -0.610. The van der Waals surface area contributed by atoms with E-state index < -0.39 is 5.97 Å². The quantitative estimate of drug-likeness (QED) is 0.621. The Morgan fingerprint density at radius 2 is 1.69 bits per heavy atom. The molecule has 0 spiro atoms. The average Bonchev–Trinajstić information content (AvgIpc) is 2.25. The molecule has 0 aliphatic carbocycles. The lowest BCUT2D eigenvalue weighted by Gasteiger charge is -2.26. The highest BCUT2D eigenvalue weighted by Crippen LogP contribution is 2.22. The summed E-state index contributed by atoms with van der Waals surface area (Å²) in [5, 5.41) is 8.89. The van der Waals surface area contributed by atoms with Gasteiger partial charge in [-0.2, -0.15) is 0 Å². The number of carbonyl (C=O) groups is 1. The van der Waals surface area contributed by atoms with Gasteiger partial charge in [0.1, 0.15) is 0 Å². The topological polar surface area (TPSA) is 55.8 Å². The molecule has 0 heterocycles. The summed E-state index contributed by atoms with van der Waals surface area (Å²) in [6, 6.07) is 0. The van der Waals surface area contributed by atoms with Gasteiger partial charge in [-0.1, -0.05) is 13.8 Å². The van der Waals surface area contributed by atoms with Crippen LogP contribution in [0.4, 0.5) is 0 Å². The van der Waals surface area contributed by atoms with E-state index in [1.807, 2.05) is 20.8 Å². The van der Waals surface area contributed by atoms with E-state index >= 15 is 0 Å². The van der Waals surface area contributed by atoms with Crippen LogP contribution in [0.1, 0.15) is 40.5 Å². The van der Waals surface area contributed by atoms with Crippen molar-refractivity contribution in [3.05, 3.63) is 0 Å². The smallest absolute Gasteiger partial charge is 0.306 e. The molecule has 0 radical (unpaired) electrons. The zero-order chi connectivity index (χ0) is 12.6. The van der Waals surface area contributed by atoms with Gasteiger partial charge < -0.3 is 14.6 Å². The second-order valence-corrected chi connectivity index (χ2v) is 3.92. The molecule has 0 aromatic heterocycles. The van der Waals surface area contributed by atoms with Gasteiger partial charge in [0.05, 0.1) is 5.92 Å². The fourth-order valence-electron chi connectivity index (χ4n) is 1.67. The van der Waals surface area contributed by atoms with Gasteiger partial charge in [-0.3, -0.25) is 4.79 Å². The summed E-state index contributed by atoms with van der Waals surface area (Å²) >= 11 is 0. The molecule has 4 heteroatoms. The van der Waals surface area contributed by atoms with Gasteiger partial charge in [-0.25, -0.2) is 0 Å². The van der Waals surface area contributed by atoms with Crippen LogP contribution in [0.15, 0.2) is 0 Å². The molecular formula is C12H24O4. The second kappa shape index (κ2) is 8.53. The van der Waals surface area contributed by atoms with E-state index in [-0.39, 0.29) is 18.1 Å². The Balaban J connectivity index is 4.34. The summed E-state index contributed by atoms with van der Waals surface area (Å²) in [4.78, 5) is 10.8. The summed E-state index contributed by atoms with van der Waals surface area (Å²) in [5.74, 6) is -0.968. The van der Waals surface area contributed by atoms with E-state index in [2.05, 4.69) is 0 Å². The lowest BCUT2D eigenvalue weighted by molar-refractivity contribution is -0.172. The predicted octanol–water partition coefficient (Wildman–Crippen LogP) is 2.52. The van der Waals surface area contributed by atoms with Gasteiger partial charge in [0.2, 0.25) is 0 Å². The molecular weight excluding hydrogens is 208 g/mol. The Bertz CT molecular complexity index is 187. The highest BCUT2D eigenvalue weighted by molar-refractivity contribution is 5.69. The molecule has 1 N–H and O–H groups in total. The highest BCUT2D eigenvalue weighted by atomic mass is 16.7. The van der Waals surface area contributed by atoms with Crippen LogP contribution in [0.2, 0.25) is 0 Å². The molecule has 96 valence electrons. The molecule has 0 saturated heterocycles. The van der Waals surface area contributed by atoms with Gasteiger partial charge in [-0.05, 0) is 26.7 Å². The standard InChI is InChI=1S/C12H24O4/c1-5-10(8-9(4)11(13)14)12(15-6-2)16-7-3/h9-10,12H,5-8H2,1-4H3,(H,13,14). The monoisotopic (exact) mass is 232 g/mol. The minimum atomic E-state index is -0.759. The summed E-state index contributed by atoms with van der Waals surface area (Å²) in [5.41, 5.74) is 0. The maximum atomic E-state index is 10.8. The van der Waals surface area contributed by atoms with Crippen LogP contribution >= 0.6 is 0 Å². The largest absolute Gasteiger partial charge is 0.481 e. The van der Waals surface area contributed by atoms with Gasteiger partial charge in [0, 0.05) is 19.1 Å². The van der Waals surface area contributed by atoms with Crippen molar-refractivity contribution in [2.24, 2.45) is 11.8 Å². The van der Waals surface area contributed by atoms with Gasteiger partial charge in [0.15, 0.2) is 6.29 Å². The van der Waals surface area contributed by atoms with Crippen LogP contribution in [-0.2, 0) is 14.3 Å². The van der Waals surface area contributed by atoms with Crippen molar-refractivity contribution < 1.29 is 19.4 Å². The predicted molar refractivity (Wildman–Crippen MR) is 62.2 cm³/mol. The molecule has 0 fully saturated rings. The first-order valence-corrected chi connectivity index (χ1v) is 6.02. The lowest BCUT2D eigenvalue weighted by Crippen LogP contribution is -2.29. The summed E-state index contributed by atoms with van der Waals surface area (Å²) in [7, 11) is 0. The maximum absolute atomic E-state index is 10.8. The van der Waals surface area contributed by atoms with Crippen molar-refractivity contribution in [2.75, 3.05) is 13.2 Å². The maximum Gasteiger partial charge on any atom is 0.306 e. The third-order valence-corrected chi connectivity index (χ3v) is 2.65. The Morgan fingerprint density at radius 3 is 2.00 bits per heavy atom. The third kappa shape index (κ3) is 5.47. The first kappa shape index (κ1) is 15.4. The van der Waals surface area contributed by atoms with Gasteiger partial charge in [-0.15, -0.1) is 0 Å². The van der Waals surface area contributed by atoms with E-state index in [1.165, 1.54) is 0 Å². The van der Waals surface area contributed by atoms with Crippen LogP contribution in [-0.4, -0.2) is 30.6 Å². The minimum Gasteiger partial charge on any atom is -0.481 e. The summed E-state index contributed by atoms with van der Waals surface area (Å²) in [6.45, 7) is 8.76. The number of carboxylic acids is 1. The molecule has 16 heavy (non-hydrogen) atoms. The normalized spacial score (nSPS) is 15.1. The van der Waals surface area contributed by atoms with Crippen molar-refractivity contribution in [2.45, 2.75) is 46.8 Å². The van der Waals surface area contributed by atoms with Crippen molar-refractivity contribution in [3.8, 4) is 0 Å². The van der Waals surface area contributed by atoms with E-state index in [0.717, 1.165) is 6.42 Å². The number of hydrogen-bond acceptors (Lipinski definition) is 3. The van der Waals surface area contributed by atoms with E-state index in [4.69, 9.17) is 14.6 Å². The fraction of sp³-hybridized carbons (Fsp3) is 0.917. The zero-order valence-corrected chi connectivity index (χ0v) is 10.7. The Labute approximate surface area is 97.9 Å². The first-order valence-electron chi connectivity index (χ1n) is 6.02.